The standard InChI is InChI=1S/C11H21NO2/c1-5-10(3)7-9(13)8-11(4,6-2)12(10)14/h14H,5-8H2,1-4H3. The van der Waals surface area contributed by atoms with Gasteiger partial charge in [-0.2, -0.15) is 5.06 Å². The highest BCUT2D eigenvalue weighted by Crippen LogP contribution is 2.38. The molecule has 1 aliphatic heterocycles. The van der Waals surface area contributed by atoms with Crippen molar-refractivity contribution in [3.8, 4) is 0 Å². The lowest BCUT2D eigenvalue weighted by Crippen LogP contribution is -2.61. The average Bonchev–Trinajstić information content (AvgIpc) is 2.14. The van der Waals surface area contributed by atoms with Crippen LogP contribution in [0.2, 0.25) is 0 Å². The van der Waals surface area contributed by atoms with Crippen LogP contribution in [0.3, 0.4) is 0 Å². The molecule has 0 aromatic rings. The van der Waals surface area contributed by atoms with Crippen LogP contribution in [0.15, 0.2) is 0 Å². The fraction of sp³-hybridized carbons (Fsp3) is 0.909. The minimum Gasteiger partial charge on any atom is -0.313 e. The topological polar surface area (TPSA) is 40.5 Å². The highest BCUT2D eigenvalue weighted by atomic mass is 16.5. The maximum absolute atomic E-state index is 11.6. The lowest BCUT2D eigenvalue weighted by molar-refractivity contribution is -0.248. The number of carbonyl (C=O) groups is 1. The maximum atomic E-state index is 11.6. The van der Waals surface area contributed by atoms with E-state index in [0.29, 0.717) is 12.8 Å². The Hall–Kier alpha value is -0.410. The van der Waals surface area contributed by atoms with Crippen molar-refractivity contribution in [1.82, 2.24) is 5.06 Å². The molecule has 0 aliphatic carbocycles. The molecule has 0 amide bonds. The van der Waals surface area contributed by atoms with Gasteiger partial charge < -0.3 is 5.21 Å². The fourth-order valence-electron chi connectivity index (χ4n) is 2.26. The fourth-order valence-corrected chi connectivity index (χ4v) is 2.26. The summed E-state index contributed by atoms with van der Waals surface area (Å²) < 4.78 is 0. The van der Waals surface area contributed by atoms with Gasteiger partial charge in [-0.1, -0.05) is 13.8 Å². The van der Waals surface area contributed by atoms with E-state index in [9.17, 15) is 10.0 Å². The van der Waals surface area contributed by atoms with E-state index in [1.807, 2.05) is 27.7 Å². The van der Waals surface area contributed by atoms with Gasteiger partial charge in [0.25, 0.3) is 0 Å². The largest absolute Gasteiger partial charge is 0.313 e. The smallest absolute Gasteiger partial charge is 0.136 e. The molecule has 1 heterocycles. The molecule has 1 rings (SSSR count). The van der Waals surface area contributed by atoms with Gasteiger partial charge in [-0.3, -0.25) is 4.79 Å². The molecule has 0 aromatic heterocycles. The number of carbonyl (C=O) groups excluding carboxylic acids is 1. The summed E-state index contributed by atoms with van der Waals surface area (Å²) in [5, 5.41) is 11.6. The molecule has 1 N–H and O–H groups in total. The SMILES string of the molecule is CCC1(C)CC(=O)CC(C)(CC)N1O. The molecule has 0 aromatic carbocycles. The third-order valence-corrected chi connectivity index (χ3v) is 3.70. The van der Waals surface area contributed by atoms with E-state index in [2.05, 4.69) is 0 Å². The summed E-state index contributed by atoms with van der Waals surface area (Å²) in [4.78, 5) is 11.6. The second-order valence-electron chi connectivity index (χ2n) is 4.91. The van der Waals surface area contributed by atoms with E-state index in [4.69, 9.17) is 0 Å². The predicted octanol–water partition coefficient (Wildman–Crippen LogP) is 2.38. The van der Waals surface area contributed by atoms with Crippen LogP contribution in [-0.4, -0.2) is 27.1 Å². The van der Waals surface area contributed by atoms with Gasteiger partial charge in [0.1, 0.15) is 5.78 Å². The molecule has 14 heavy (non-hydrogen) atoms. The van der Waals surface area contributed by atoms with Gasteiger partial charge in [-0.05, 0) is 26.7 Å². The Morgan fingerprint density at radius 1 is 1.21 bits per heavy atom. The Labute approximate surface area is 86.1 Å². The van der Waals surface area contributed by atoms with E-state index in [-0.39, 0.29) is 16.9 Å². The van der Waals surface area contributed by atoms with Crippen molar-refractivity contribution in [2.24, 2.45) is 0 Å². The monoisotopic (exact) mass is 199 g/mol. The van der Waals surface area contributed by atoms with Crippen molar-refractivity contribution in [3.05, 3.63) is 0 Å². The average molecular weight is 199 g/mol. The number of piperidine rings is 1. The lowest BCUT2D eigenvalue weighted by atomic mass is 9.77. The quantitative estimate of drug-likeness (QED) is 0.742. The number of hydrogen-bond donors (Lipinski definition) is 1. The zero-order valence-electron chi connectivity index (χ0n) is 9.63. The number of rotatable bonds is 2. The highest BCUT2D eigenvalue weighted by Gasteiger charge is 2.47. The molecule has 0 bridgehead atoms. The minimum absolute atomic E-state index is 0.268. The molecule has 0 radical (unpaired) electrons. The normalized spacial score (nSPS) is 40.2. The van der Waals surface area contributed by atoms with Crippen LogP contribution in [0.4, 0.5) is 0 Å². The molecule has 2 unspecified atom stereocenters. The second-order valence-corrected chi connectivity index (χ2v) is 4.91. The summed E-state index contributed by atoms with van der Waals surface area (Å²) in [6, 6.07) is 0. The second kappa shape index (κ2) is 3.63. The van der Waals surface area contributed by atoms with Gasteiger partial charge in [0.05, 0.1) is 11.1 Å². The van der Waals surface area contributed by atoms with Crippen molar-refractivity contribution in [3.63, 3.8) is 0 Å². The molecule has 3 heteroatoms. The van der Waals surface area contributed by atoms with Gasteiger partial charge in [-0.25, -0.2) is 0 Å². The first-order valence-corrected chi connectivity index (χ1v) is 5.39. The highest BCUT2D eigenvalue weighted by molar-refractivity contribution is 5.81. The van der Waals surface area contributed by atoms with Crippen LogP contribution in [0, 0.1) is 0 Å². The first kappa shape index (κ1) is 11.7. The molecule has 2 atom stereocenters. The summed E-state index contributed by atoms with van der Waals surface area (Å²) in [7, 11) is 0. The molecule has 3 nitrogen and oxygen atoms in total. The molecule has 0 saturated carbocycles. The predicted molar refractivity (Wildman–Crippen MR) is 55.3 cm³/mol. The van der Waals surface area contributed by atoms with Crippen molar-refractivity contribution in [1.29, 1.82) is 0 Å². The Balaban J connectivity index is 2.98. The third kappa shape index (κ3) is 1.71. The maximum Gasteiger partial charge on any atom is 0.136 e. The van der Waals surface area contributed by atoms with Crippen LogP contribution < -0.4 is 0 Å². The number of nitrogens with zero attached hydrogens (tertiary/aromatic N) is 1. The van der Waals surface area contributed by atoms with Crippen molar-refractivity contribution in [2.45, 2.75) is 64.5 Å². The van der Waals surface area contributed by atoms with E-state index in [0.717, 1.165) is 12.8 Å². The summed E-state index contributed by atoms with van der Waals surface area (Å²) >= 11 is 0. The molecule has 1 saturated heterocycles. The summed E-state index contributed by atoms with van der Waals surface area (Å²) in [6.07, 6.45) is 2.53. The molecule has 0 spiro atoms. The van der Waals surface area contributed by atoms with Crippen molar-refractivity contribution >= 4 is 5.78 Å². The number of hydroxylamine groups is 2. The minimum atomic E-state index is -0.375. The molecule has 1 fully saturated rings. The van der Waals surface area contributed by atoms with Gasteiger partial charge in [0.15, 0.2) is 0 Å². The van der Waals surface area contributed by atoms with Crippen molar-refractivity contribution in [2.75, 3.05) is 0 Å². The summed E-state index contributed by atoms with van der Waals surface area (Å²) in [5.41, 5.74) is -0.750. The van der Waals surface area contributed by atoms with E-state index >= 15 is 0 Å². The van der Waals surface area contributed by atoms with Crippen LogP contribution in [0.5, 0.6) is 0 Å². The van der Waals surface area contributed by atoms with Crippen LogP contribution in [-0.2, 0) is 4.79 Å². The van der Waals surface area contributed by atoms with Gasteiger partial charge in [-0.15, -0.1) is 0 Å². The molecular formula is C11H21NO2. The Morgan fingerprint density at radius 3 is 1.86 bits per heavy atom. The summed E-state index contributed by atoms with van der Waals surface area (Å²) in [5.74, 6) is 0.268. The first-order valence-electron chi connectivity index (χ1n) is 5.39. The number of hydrogen-bond acceptors (Lipinski definition) is 3. The van der Waals surface area contributed by atoms with Crippen LogP contribution in [0.25, 0.3) is 0 Å². The number of Topliss-reactive ketones (excluding diaryl/α,β-unsaturated/α-hetero) is 1. The Kier molecular flexibility index (Phi) is 3.02. The number of ketones is 1. The zero-order valence-corrected chi connectivity index (χ0v) is 9.63. The van der Waals surface area contributed by atoms with Gasteiger partial charge in [0.2, 0.25) is 0 Å². The molecule has 82 valence electrons. The van der Waals surface area contributed by atoms with Crippen LogP contribution in [0.1, 0.15) is 53.4 Å². The first-order chi connectivity index (χ1) is 6.38. The van der Waals surface area contributed by atoms with E-state index in [1.165, 1.54) is 5.06 Å². The summed E-state index contributed by atoms with van der Waals surface area (Å²) in [6.45, 7) is 7.94. The van der Waals surface area contributed by atoms with Crippen molar-refractivity contribution < 1.29 is 10.0 Å². The molecule has 1 aliphatic rings. The van der Waals surface area contributed by atoms with Gasteiger partial charge >= 0.3 is 0 Å². The van der Waals surface area contributed by atoms with E-state index < -0.39 is 0 Å². The van der Waals surface area contributed by atoms with Gasteiger partial charge in [0, 0.05) is 12.8 Å². The Bertz CT molecular complexity index is 219. The van der Waals surface area contributed by atoms with E-state index in [1.54, 1.807) is 0 Å². The Morgan fingerprint density at radius 2 is 1.57 bits per heavy atom. The lowest BCUT2D eigenvalue weighted by Gasteiger charge is -2.50. The van der Waals surface area contributed by atoms with Crippen LogP contribution >= 0.6 is 0 Å². The zero-order chi connectivity index (χ0) is 11.0. The third-order valence-electron chi connectivity index (χ3n) is 3.70. The molecular weight excluding hydrogens is 178 g/mol.